The van der Waals surface area contributed by atoms with E-state index in [-0.39, 0.29) is 0 Å². The molecule has 106 valence electrons. The molecule has 3 heteroatoms. The lowest BCUT2D eigenvalue weighted by Gasteiger charge is -2.38. The number of nitrogens with zero attached hydrogens (tertiary/aromatic N) is 1. The van der Waals surface area contributed by atoms with Crippen molar-refractivity contribution in [2.24, 2.45) is 5.92 Å². The Morgan fingerprint density at radius 2 is 2.22 bits per heavy atom. The summed E-state index contributed by atoms with van der Waals surface area (Å²) in [6.45, 7) is 11.6. The summed E-state index contributed by atoms with van der Waals surface area (Å²) < 4.78 is 5.62. The molecule has 0 aromatic carbocycles. The zero-order valence-electron chi connectivity index (χ0n) is 12.3. The van der Waals surface area contributed by atoms with Gasteiger partial charge in [-0.05, 0) is 58.5 Å². The summed E-state index contributed by atoms with van der Waals surface area (Å²) >= 11 is 0. The molecule has 2 saturated heterocycles. The van der Waals surface area contributed by atoms with Gasteiger partial charge in [0.15, 0.2) is 0 Å². The molecule has 0 bridgehead atoms. The molecule has 4 atom stereocenters. The molecule has 2 heterocycles. The minimum Gasteiger partial charge on any atom is -0.378 e. The molecule has 0 spiro atoms. The first-order valence-corrected chi connectivity index (χ1v) is 7.79. The van der Waals surface area contributed by atoms with Crippen molar-refractivity contribution in [3.05, 3.63) is 0 Å². The maximum absolute atomic E-state index is 5.62. The monoisotopic (exact) mass is 254 g/mol. The molecule has 3 nitrogen and oxygen atoms in total. The van der Waals surface area contributed by atoms with Gasteiger partial charge < -0.3 is 15.0 Å². The molecule has 0 aromatic heterocycles. The standard InChI is InChI=1S/C15H30N2O/c1-4-17-8-5-6-14(11-17)13(3)16-15-7-9-18-12(2)10-15/h12-16H,4-11H2,1-3H3. The van der Waals surface area contributed by atoms with Gasteiger partial charge in [0.2, 0.25) is 0 Å². The Morgan fingerprint density at radius 3 is 2.94 bits per heavy atom. The van der Waals surface area contributed by atoms with Gasteiger partial charge >= 0.3 is 0 Å². The maximum atomic E-state index is 5.62. The Bertz CT molecular complexity index is 247. The average molecular weight is 254 g/mol. The molecule has 18 heavy (non-hydrogen) atoms. The second kappa shape index (κ2) is 6.88. The van der Waals surface area contributed by atoms with Gasteiger partial charge in [0.05, 0.1) is 6.10 Å². The van der Waals surface area contributed by atoms with E-state index in [0.29, 0.717) is 18.2 Å². The van der Waals surface area contributed by atoms with Gasteiger partial charge in [-0.3, -0.25) is 0 Å². The third-order valence-electron chi connectivity index (χ3n) is 4.68. The quantitative estimate of drug-likeness (QED) is 0.833. The van der Waals surface area contributed by atoms with Crippen molar-refractivity contribution >= 4 is 0 Å². The summed E-state index contributed by atoms with van der Waals surface area (Å²) in [4.78, 5) is 2.60. The van der Waals surface area contributed by atoms with E-state index < -0.39 is 0 Å². The van der Waals surface area contributed by atoms with Crippen LogP contribution in [0.5, 0.6) is 0 Å². The first-order valence-electron chi connectivity index (χ1n) is 7.79. The van der Waals surface area contributed by atoms with Crippen LogP contribution in [0.3, 0.4) is 0 Å². The Labute approximate surface area is 112 Å². The Kier molecular flexibility index (Phi) is 5.46. The maximum Gasteiger partial charge on any atom is 0.0561 e. The highest BCUT2D eigenvalue weighted by molar-refractivity contribution is 4.84. The molecular weight excluding hydrogens is 224 g/mol. The van der Waals surface area contributed by atoms with E-state index in [4.69, 9.17) is 4.74 Å². The largest absolute Gasteiger partial charge is 0.378 e. The zero-order chi connectivity index (χ0) is 13.0. The lowest BCUT2D eigenvalue weighted by atomic mass is 9.90. The van der Waals surface area contributed by atoms with Crippen molar-refractivity contribution in [3.63, 3.8) is 0 Å². The first-order chi connectivity index (χ1) is 8.69. The fourth-order valence-corrected chi connectivity index (χ4v) is 3.44. The van der Waals surface area contributed by atoms with Crippen LogP contribution in [0.25, 0.3) is 0 Å². The summed E-state index contributed by atoms with van der Waals surface area (Å²) in [6.07, 6.45) is 5.55. The van der Waals surface area contributed by atoms with E-state index in [1.54, 1.807) is 0 Å². The molecule has 0 amide bonds. The summed E-state index contributed by atoms with van der Waals surface area (Å²) in [5.41, 5.74) is 0. The van der Waals surface area contributed by atoms with Crippen molar-refractivity contribution in [2.75, 3.05) is 26.2 Å². The van der Waals surface area contributed by atoms with Crippen molar-refractivity contribution in [2.45, 2.75) is 64.6 Å². The molecule has 4 unspecified atom stereocenters. The fraction of sp³-hybridized carbons (Fsp3) is 1.00. The van der Waals surface area contributed by atoms with E-state index in [9.17, 15) is 0 Å². The number of hydrogen-bond donors (Lipinski definition) is 1. The number of ether oxygens (including phenoxy) is 1. The van der Waals surface area contributed by atoms with Gasteiger partial charge in [-0.2, -0.15) is 0 Å². The van der Waals surface area contributed by atoms with Crippen LogP contribution in [-0.2, 0) is 4.74 Å². The smallest absolute Gasteiger partial charge is 0.0561 e. The molecule has 0 aliphatic carbocycles. The van der Waals surface area contributed by atoms with E-state index in [1.165, 1.54) is 45.3 Å². The number of nitrogens with one attached hydrogen (secondary N) is 1. The normalized spacial score (nSPS) is 36.5. The fourth-order valence-electron chi connectivity index (χ4n) is 3.44. The highest BCUT2D eigenvalue weighted by atomic mass is 16.5. The molecule has 0 aromatic rings. The van der Waals surface area contributed by atoms with Crippen LogP contribution in [-0.4, -0.2) is 49.3 Å². The molecule has 0 saturated carbocycles. The topological polar surface area (TPSA) is 24.5 Å². The van der Waals surface area contributed by atoms with Crippen LogP contribution in [0, 0.1) is 5.92 Å². The zero-order valence-corrected chi connectivity index (χ0v) is 12.3. The lowest BCUT2D eigenvalue weighted by molar-refractivity contribution is 0.00886. The molecule has 0 radical (unpaired) electrons. The molecule has 2 aliphatic heterocycles. The van der Waals surface area contributed by atoms with Crippen LogP contribution < -0.4 is 5.32 Å². The van der Waals surface area contributed by atoms with Gasteiger partial charge in [0.1, 0.15) is 0 Å². The van der Waals surface area contributed by atoms with Crippen molar-refractivity contribution in [1.29, 1.82) is 0 Å². The number of piperidine rings is 1. The summed E-state index contributed by atoms with van der Waals surface area (Å²) in [7, 11) is 0. The average Bonchev–Trinajstić information content (AvgIpc) is 2.39. The van der Waals surface area contributed by atoms with Crippen LogP contribution in [0.2, 0.25) is 0 Å². The predicted octanol–water partition coefficient (Wildman–Crippen LogP) is 2.26. The molecule has 1 N–H and O–H groups in total. The Morgan fingerprint density at radius 1 is 1.39 bits per heavy atom. The van der Waals surface area contributed by atoms with E-state index >= 15 is 0 Å². The third-order valence-corrected chi connectivity index (χ3v) is 4.68. The lowest BCUT2D eigenvalue weighted by Crippen LogP contribution is -2.49. The summed E-state index contributed by atoms with van der Waals surface area (Å²) in [6, 6.07) is 1.32. The molecule has 2 rings (SSSR count). The van der Waals surface area contributed by atoms with Gasteiger partial charge in [-0.25, -0.2) is 0 Å². The van der Waals surface area contributed by atoms with Crippen LogP contribution in [0.4, 0.5) is 0 Å². The second-order valence-electron chi connectivity index (χ2n) is 6.15. The second-order valence-corrected chi connectivity index (χ2v) is 6.15. The highest BCUT2D eigenvalue weighted by Crippen LogP contribution is 2.21. The minimum absolute atomic E-state index is 0.432. The first kappa shape index (κ1) is 14.3. The van der Waals surface area contributed by atoms with Crippen LogP contribution in [0.1, 0.15) is 46.5 Å². The molecular formula is C15H30N2O. The van der Waals surface area contributed by atoms with Gasteiger partial charge in [-0.1, -0.05) is 6.92 Å². The van der Waals surface area contributed by atoms with Gasteiger partial charge in [-0.15, -0.1) is 0 Å². The SMILES string of the molecule is CCN1CCCC(C(C)NC2CCOC(C)C2)C1. The van der Waals surface area contributed by atoms with E-state index in [1.807, 2.05) is 0 Å². The number of hydrogen-bond acceptors (Lipinski definition) is 3. The van der Waals surface area contributed by atoms with Crippen molar-refractivity contribution in [1.82, 2.24) is 10.2 Å². The van der Waals surface area contributed by atoms with Gasteiger partial charge in [0, 0.05) is 25.2 Å². The molecule has 2 fully saturated rings. The van der Waals surface area contributed by atoms with Gasteiger partial charge in [0.25, 0.3) is 0 Å². The van der Waals surface area contributed by atoms with E-state index in [0.717, 1.165) is 12.5 Å². The summed E-state index contributed by atoms with van der Waals surface area (Å²) in [5.74, 6) is 0.830. The predicted molar refractivity (Wildman–Crippen MR) is 75.9 cm³/mol. The van der Waals surface area contributed by atoms with Crippen LogP contribution >= 0.6 is 0 Å². The van der Waals surface area contributed by atoms with Crippen LogP contribution in [0.15, 0.2) is 0 Å². The highest BCUT2D eigenvalue weighted by Gasteiger charge is 2.27. The van der Waals surface area contributed by atoms with Crippen molar-refractivity contribution in [3.8, 4) is 0 Å². The summed E-state index contributed by atoms with van der Waals surface area (Å²) in [5, 5.41) is 3.86. The van der Waals surface area contributed by atoms with Crippen molar-refractivity contribution < 1.29 is 4.74 Å². The third kappa shape index (κ3) is 3.94. The minimum atomic E-state index is 0.432. The Hall–Kier alpha value is -0.120. The molecule has 2 aliphatic rings. The number of rotatable bonds is 4. The Balaban J connectivity index is 1.77. The number of likely N-dealkylation sites (tertiary alicyclic amines) is 1. The van der Waals surface area contributed by atoms with E-state index in [2.05, 4.69) is 31.0 Å².